The number of hydrogen-bond donors (Lipinski definition) is 0. The number of ketones is 1. The Morgan fingerprint density at radius 3 is 2.88 bits per heavy atom. The number of rotatable bonds is 6. The summed E-state index contributed by atoms with van der Waals surface area (Å²) in [6, 6.07) is 2.04. The van der Waals surface area contributed by atoms with Crippen molar-refractivity contribution >= 4 is 17.1 Å². The number of carbonyl (C=O) groups is 1. The predicted molar refractivity (Wildman–Crippen MR) is 100.0 cm³/mol. The molecule has 1 saturated heterocycles. The van der Waals surface area contributed by atoms with E-state index in [4.69, 9.17) is 0 Å². The fraction of sp³-hybridized carbons (Fsp3) is 0.611. The first kappa shape index (κ1) is 18.2. The third-order valence-electron chi connectivity index (χ3n) is 4.73. The highest BCUT2D eigenvalue weighted by atomic mass is 32.1. The van der Waals surface area contributed by atoms with Gasteiger partial charge >= 0.3 is 0 Å². The fourth-order valence-corrected chi connectivity index (χ4v) is 4.27. The Balaban J connectivity index is 1.66. The van der Waals surface area contributed by atoms with Crippen molar-refractivity contribution < 1.29 is 4.79 Å². The number of hydrogen-bond acceptors (Lipinski definition) is 6. The number of piperidine rings is 1. The molecule has 25 heavy (non-hydrogen) atoms. The van der Waals surface area contributed by atoms with Crippen LogP contribution in [-0.4, -0.2) is 57.5 Å². The Labute approximate surface area is 153 Å². The minimum atomic E-state index is 0.153. The Kier molecular flexibility index (Phi) is 5.66. The van der Waals surface area contributed by atoms with E-state index in [-0.39, 0.29) is 5.78 Å². The van der Waals surface area contributed by atoms with Gasteiger partial charge in [-0.25, -0.2) is 0 Å². The van der Waals surface area contributed by atoms with E-state index >= 15 is 0 Å². The van der Waals surface area contributed by atoms with Gasteiger partial charge in [0.2, 0.25) is 0 Å². The fourth-order valence-electron chi connectivity index (χ4n) is 3.46. The standard InChI is InChI=1S/C18H27N5OS/c1-13(24)16-8-14(12-25-16)9-23-7-5-6-15(10-23)18-20-19-17(22(18)4)11-21(2)3/h8,12,15H,5-7,9-11H2,1-4H3. The average Bonchev–Trinajstić information content (AvgIpc) is 3.15. The molecule has 2 aromatic rings. The summed E-state index contributed by atoms with van der Waals surface area (Å²) in [5, 5.41) is 11.0. The minimum Gasteiger partial charge on any atom is -0.317 e. The van der Waals surface area contributed by atoms with Crippen LogP contribution in [0.4, 0.5) is 0 Å². The van der Waals surface area contributed by atoms with Crippen molar-refractivity contribution in [3.63, 3.8) is 0 Å². The second-order valence-corrected chi connectivity index (χ2v) is 8.13. The van der Waals surface area contributed by atoms with Crippen LogP contribution in [0.1, 0.15) is 52.6 Å². The van der Waals surface area contributed by atoms with Gasteiger partial charge in [0.25, 0.3) is 0 Å². The van der Waals surface area contributed by atoms with Crippen LogP contribution in [0.3, 0.4) is 0 Å². The molecule has 0 aliphatic carbocycles. The molecular formula is C18H27N5OS. The Hall–Kier alpha value is -1.57. The molecule has 0 radical (unpaired) electrons. The molecule has 1 aliphatic rings. The molecule has 0 amide bonds. The lowest BCUT2D eigenvalue weighted by molar-refractivity contribution is 0.102. The van der Waals surface area contributed by atoms with Gasteiger partial charge in [-0.2, -0.15) is 0 Å². The SMILES string of the molecule is CC(=O)c1cc(CN2CCCC(c3nnc(CN(C)C)n3C)C2)cs1. The van der Waals surface area contributed by atoms with Crippen molar-refractivity contribution in [1.82, 2.24) is 24.6 Å². The van der Waals surface area contributed by atoms with Crippen LogP contribution in [-0.2, 0) is 20.1 Å². The zero-order valence-electron chi connectivity index (χ0n) is 15.5. The number of carbonyl (C=O) groups excluding carboxylic acids is 1. The average molecular weight is 362 g/mol. The summed E-state index contributed by atoms with van der Waals surface area (Å²) < 4.78 is 2.16. The molecule has 0 saturated carbocycles. The van der Waals surface area contributed by atoms with Crippen LogP contribution in [0.25, 0.3) is 0 Å². The van der Waals surface area contributed by atoms with Crippen molar-refractivity contribution in [2.45, 2.75) is 38.8 Å². The summed E-state index contributed by atoms with van der Waals surface area (Å²) >= 11 is 1.55. The summed E-state index contributed by atoms with van der Waals surface area (Å²) in [5.74, 6) is 2.69. The third-order valence-corrected chi connectivity index (χ3v) is 5.81. The lowest BCUT2D eigenvalue weighted by Crippen LogP contribution is -2.34. The largest absolute Gasteiger partial charge is 0.317 e. The molecule has 1 fully saturated rings. The lowest BCUT2D eigenvalue weighted by Gasteiger charge is -2.32. The van der Waals surface area contributed by atoms with Crippen molar-refractivity contribution in [2.24, 2.45) is 7.05 Å². The molecule has 7 heteroatoms. The zero-order chi connectivity index (χ0) is 18.0. The maximum atomic E-state index is 11.5. The van der Waals surface area contributed by atoms with E-state index in [1.165, 1.54) is 12.0 Å². The van der Waals surface area contributed by atoms with E-state index in [0.29, 0.717) is 5.92 Å². The van der Waals surface area contributed by atoms with E-state index in [1.807, 2.05) is 20.2 Å². The minimum absolute atomic E-state index is 0.153. The Morgan fingerprint density at radius 2 is 2.20 bits per heavy atom. The van der Waals surface area contributed by atoms with Crippen molar-refractivity contribution in [3.8, 4) is 0 Å². The topological polar surface area (TPSA) is 54.3 Å². The van der Waals surface area contributed by atoms with Crippen LogP contribution in [0, 0.1) is 0 Å². The number of Topliss-reactive ketones (excluding diaryl/α,β-unsaturated/α-hetero) is 1. The molecule has 136 valence electrons. The molecule has 1 unspecified atom stereocenters. The van der Waals surface area contributed by atoms with Gasteiger partial charge in [-0.15, -0.1) is 21.5 Å². The number of likely N-dealkylation sites (tertiary alicyclic amines) is 1. The molecule has 0 spiro atoms. The molecule has 0 aromatic carbocycles. The molecule has 1 atom stereocenters. The second kappa shape index (κ2) is 7.76. The van der Waals surface area contributed by atoms with Crippen molar-refractivity contribution in [1.29, 1.82) is 0 Å². The van der Waals surface area contributed by atoms with E-state index in [9.17, 15) is 4.79 Å². The summed E-state index contributed by atoms with van der Waals surface area (Å²) in [4.78, 5) is 16.9. The molecule has 0 bridgehead atoms. The summed E-state index contributed by atoms with van der Waals surface area (Å²) in [6.07, 6.45) is 2.33. The lowest BCUT2D eigenvalue weighted by atomic mass is 9.97. The zero-order valence-corrected chi connectivity index (χ0v) is 16.3. The van der Waals surface area contributed by atoms with E-state index in [0.717, 1.165) is 49.1 Å². The van der Waals surface area contributed by atoms with Crippen molar-refractivity contribution in [3.05, 3.63) is 33.5 Å². The molecule has 3 rings (SSSR count). The van der Waals surface area contributed by atoms with Crippen LogP contribution in [0.15, 0.2) is 11.4 Å². The number of thiophene rings is 1. The van der Waals surface area contributed by atoms with Crippen LogP contribution >= 0.6 is 11.3 Å². The molecule has 3 heterocycles. The van der Waals surface area contributed by atoms with Gasteiger partial charge in [0.1, 0.15) is 11.6 Å². The van der Waals surface area contributed by atoms with E-state index in [1.54, 1.807) is 18.3 Å². The first-order valence-corrected chi connectivity index (χ1v) is 9.65. The van der Waals surface area contributed by atoms with Crippen LogP contribution < -0.4 is 0 Å². The maximum Gasteiger partial charge on any atom is 0.169 e. The van der Waals surface area contributed by atoms with Gasteiger partial charge in [0, 0.05) is 26.1 Å². The molecule has 1 aliphatic heterocycles. The Bertz CT molecular complexity index is 736. The first-order chi connectivity index (χ1) is 11.9. The summed E-state index contributed by atoms with van der Waals surface area (Å²) in [5.41, 5.74) is 1.24. The highest BCUT2D eigenvalue weighted by Gasteiger charge is 2.26. The van der Waals surface area contributed by atoms with Gasteiger partial charge in [-0.1, -0.05) is 0 Å². The van der Waals surface area contributed by atoms with Crippen molar-refractivity contribution in [2.75, 3.05) is 27.2 Å². The molecule has 2 aromatic heterocycles. The van der Waals surface area contributed by atoms with Gasteiger partial charge in [-0.05, 0) is 57.4 Å². The van der Waals surface area contributed by atoms with Gasteiger partial charge in [-0.3, -0.25) is 9.69 Å². The predicted octanol–water partition coefficient (Wildman–Crippen LogP) is 2.52. The monoisotopic (exact) mass is 361 g/mol. The number of nitrogens with zero attached hydrogens (tertiary/aromatic N) is 5. The highest BCUT2D eigenvalue weighted by Crippen LogP contribution is 2.27. The Morgan fingerprint density at radius 1 is 1.40 bits per heavy atom. The van der Waals surface area contributed by atoms with Crippen LogP contribution in [0.2, 0.25) is 0 Å². The van der Waals surface area contributed by atoms with Gasteiger partial charge < -0.3 is 9.47 Å². The summed E-state index contributed by atoms with van der Waals surface area (Å²) in [6.45, 7) is 5.45. The molecule has 0 N–H and O–H groups in total. The van der Waals surface area contributed by atoms with Crippen LogP contribution in [0.5, 0.6) is 0 Å². The maximum absolute atomic E-state index is 11.5. The van der Waals surface area contributed by atoms with E-state index in [2.05, 4.69) is 37.0 Å². The van der Waals surface area contributed by atoms with Gasteiger partial charge in [0.05, 0.1) is 11.4 Å². The molecule has 6 nitrogen and oxygen atoms in total. The number of aromatic nitrogens is 3. The normalized spacial score (nSPS) is 18.8. The van der Waals surface area contributed by atoms with E-state index < -0.39 is 0 Å². The summed E-state index contributed by atoms with van der Waals surface area (Å²) in [7, 11) is 6.17. The first-order valence-electron chi connectivity index (χ1n) is 8.77. The third kappa shape index (κ3) is 4.34. The highest BCUT2D eigenvalue weighted by molar-refractivity contribution is 7.12. The van der Waals surface area contributed by atoms with Gasteiger partial charge in [0.15, 0.2) is 5.78 Å². The quantitative estimate of drug-likeness (QED) is 0.740. The molecular weight excluding hydrogens is 334 g/mol. The smallest absolute Gasteiger partial charge is 0.169 e. The second-order valence-electron chi connectivity index (χ2n) is 7.22.